The van der Waals surface area contributed by atoms with Gasteiger partial charge in [-0.3, -0.25) is 43.2 Å². The minimum Gasteiger partial charge on any atom is -0.492 e. The number of nitrogens with two attached hydrogens (primary N) is 1. The second-order valence-electron chi connectivity index (χ2n) is 16.2. The zero-order chi connectivity index (χ0) is 54.5. The minimum atomic E-state index is -2.09. The van der Waals surface area contributed by atoms with Crippen molar-refractivity contribution in [1.82, 2.24) is 51.8 Å². The van der Waals surface area contributed by atoms with Crippen molar-refractivity contribution in [1.29, 1.82) is 0 Å². The number of rotatable bonds is 29. The number of hydrogen-bond acceptors (Lipinski definition) is 18. The lowest BCUT2D eigenvalue weighted by atomic mass is 10.1. The molecule has 6 amide bonds. The average molecular weight is 1030 g/mol. The molecule has 0 saturated heterocycles. The number of aromatic nitrogens is 4. The Labute approximate surface area is 418 Å². The normalized spacial score (nSPS) is 12.7. The molecule has 5 atom stereocenters. The molecular formula is C44H51N15O15. The predicted octanol–water partition coefficient (Wildman–Crippen LogP) is 0.208. The zero-order valence-corrected chi connectivity index (χ0v) is 39.2. The molecule has 4 aromatic rings. The first-order valence-corrected chi connectivity index (χ1v) is 22.3. The zero-order valence-electron chi connectivity index (χ0n) is 39.2. The Morgan fingerprint density at radius 1 is 0.676 bits per heavy atom. The summed E-state index contributed by atoms with van der Waals surface area (Å²) in [5.41, 5.74) is 16.0. The van der Waals surface area contributed by atoms with Crippen molar-refractivity contribution < 1.29 is 73.5 Å². The molecule has 74 heavy (non-hydrogen) atoms. The van der Waals surface area contributed by atoms with Crippen LogP contribution in [0.1, 0.15) is 84.7 Å². The molecule has 4 rings (SSSR count). The molecule has 0 aliphatic rings. The maximum atomic E-state index is 13.4. The maximum absolute atomic E-state index is 13.4. The second-order valence-corrected chi connectivity index (χ2v) is 16.2. The van der Waals surface area contributed by atoms with E-state index in [1.807, 2.05) is 10.6 Å². The van der Waals surface area contributed by atoms with Crippen LogP contribution in [-0.2, 0) is 44.9 Å². The fourth-order valence-electron chi connectivity index (χ4n) is 6.69. The van der Waals surface area contributed by atoms with Gasteiger partial charge in [-0.25, -0.2) is 14.8 Å². The molecule has 0 unspecified atom stereocenters. The number of nitrogens with zero attached hydrogens (tertiary/aromatic N) is 7. The van der Waals surface area contributed by atoms with E-state index < -0.39 is 115 Å². The van der Waals surface area contributed by atoms with E-state index in [-0.39, 0.29) is 79.1 Å². The molecule has 2 aromatic heterocycles. The summed E-state index contributed by atoms with van der Waals surface area (Å²) in [6, 6.07) is 3.68. The number of nitrogen functional groups attached to an aromatic ring is 1. The molecule has 14 N–H and O–H groups in total. The van der Waals surface area contributed by atoms with E-state index in [4.69, 9.17) is 11.3 Å². The van der Waals surface area contributed by atoms with Gasteiger partial charge in [-0.15, -0.1) is 0 Å². The number of amides is 6. The van der Waals surface area contributed by atoms with E-state index in [1.165, 1.54) is 42.6 Å². The molecule has 30 heteroatoms. The Morgan fingerprint density at radius 2 is 1.22 bits per heavy atom. The Balaban J connectivity index is 1.28. The van der Waals surface area contributed by atoms with Crippen molar-refractivity contribution in [3.63, 3.8) is 0 Å². The molecule has 2 aromatic carbocycles. The van der Waals surface area contributed by atoms with Gasteiger partial charge in [-0.1, -0.05) is 17.2 Å². The van der Waals surface area contributed by atoms with Gasteiger partial charge in [0.05, 0.1) is 37.7 Å². The quantitative estimate of drug-likeness (QED) is 0.0150. The molecule has 0 aliphatic heterocycles. The van der Waals surface area contributed by atoms with E-state index in [9.17, 15) is 73.5 Å². The van der Waals surface area contributed by atoms with Gasteiger partial charge in [-0.05, 0) is 74.5 Å². The molecule has 392 valence electrons. The highest BCUT2D eigenvalue weighted by atomic mass is 16.4. The third-order valence-corrected chi connectivity index (χ3v) is 10.4. The number of nitrogens with one attached hydrogen (secondary N) is 7. The van der Waals surface area contributed by atoms with E-state index >= 15 is 0 Å². The first-order valence-electron chi connectivity index (χ1n) is 22.3. The Bertz CT molecular complexity index is 2790. The molecule has 0 saturated carbocycles. The maximum Gasteiger partial charge on any atom is 0.326 e. The first-order chi connectivity index (χ1) is 35.1. The lowest BCUT2D eigenvalue weighted by Gasteiger charge is -2.24. The number of carboxylic acid groups (broad SMARTS) is 4. The van der Waals surface area contributed by atoms with Crippen LogP contribution in [0.2, 0.25) is 0 Å². The molecule has 0 fully saturated rings. The second kappa shape index (κ2) is 27.6. The largest absolute Gasteiger partial charge is 0.492 e. The van der Waals surface area contributed by atoms with Crippen LogP contribution >= 0.6 is 0 Å². The number of anilines is 2. The average Bonchev–Trinajstić information content (AvgIpc) is 3.33. The topological polar surface area (TPSA) is 482 Å². The Morgan fingerprint density at radius 3 is 1.77 bits per heavy atom. The number of azide groups is 1. The fourth-order valence-corrected chi connectivity index (χ4v) is 6.69. The van der Waals surface area contributed by atoms with Crippen molar-refractivity contribution in [2.75, 3.05) is 17.6 Å². The summed E-state index contributed by atoms with van der Waals surface area (Å²) >= 11 is 0. The van der Waals surface area contributed by atoms with Gasteiger partial charge in [0.25, 0.3) is 11.8 Å². The van der Waals surface area contributed by atoms with Crippen molar-refractivity contribution in [2.24, 2.45) is 5.11 Å². The monoisotopic (exact) mass is 1030 g/mol. The van der Waals surface area contributed by atoms with Crippen LogP contribution < -0.4 is 43.0 Å². The van der Waals surface area contributed by atoms with Crippen LogP contribution in [0.25, 0.3) is 21.6 Å². The van der Waals surface area contributed by atoms with Crippen molar-refractivity contribution >= 4 is 87.8 Å². The van der Waals surface area contributed by atoms with Gasteiger partial charge in [0.15, 0.2) is 11.2 Å². The summed E-state index contributed by atoms with van der Waals surface area (Å²) in [7, 11) is 0. The summed E-state index contributed by atoms with van der Waals surface area (Å²) in [5.74, 6) is -13.0. The summed E-state index contributed by atoms with van der Waals surface area (Å²) < 4.78 is 0. The van der Waals surface area contributed by atoms with Gasteiger partial charge < -0.3 is 68.5 Å². The molecule has 2 heterocycles. The van der Waals surface area contributed by atoms with Crippen LogP contribution in [0.4, 0.5) is 17.3 Å². The van der Waals surface area contributed by atoms with Crippen molar-refractivity contribution in [2.45, 2.75) is 95.0 Å². The molecule has 0 bridgehead atoms. The highest BCUT2D eigenvalue weighted by Gasteiger charge is 2.34. The van der Waals surface area contributed by atoms with Crippen LogP contribution in [0.5, 0.6) is 5.88 Å². The number of benzene rings is 2. The third-order valence-electron chi connectivity index (χ3n) is 10.4. The number of fused-ring (bicyclic) bond motifs is 1. The van der Waals surface area contributed by atoms with E-state index in [0.717, 1.165) is 0 Å². The number of hydrogen-bond donors (Lipinski definition) is 13. The van der Waals surface area contributed by atoms with Crippen LogP contribution in [0.15, 0.2) is 59.8 Å². The van der Waals surface area contributed by atoms with Gasteiger partial charge in [0, 0.05) is 46.4 Å². The highest BCUT2D eigenvalue weighted by molar-refractivity contribution is 5.99. The number of aromatic hydroxyl groups is 1. The minimum absolute atomic E-state index is 0.0188. The third kappa shape index (κ3) is 18.5. The SMILES string of the molecule is C[C@H](CCC(=O)N[C@H](CC(=O)O)C(=O)N[C@@H](CC(=O)O)C(=O)N[C@@H](CC(=O)O)C(=O)N[C@@H](CCCCNC(=O)c1ccc(N=[N+]=[N-])cc1)C(=O)O)NC(=O)c1ccc(NCc2cnc3nc(N)nc(O)c3n2)cc1. The molecule has 30 nitrogen and oxygen atoms in total. The van der Waals surface area contributed by atoms with E-state index in [1.54, 1.807) is 19.1 Å². The number of carbonyl (C=O) groups excluding carboxylic acids is 6. The predicted molar refractivity (Wildman–Crippen MR) is 255 cm³/mol. The number of carboxylic acids is 4. The lowest BCUT2D eigenvalue weighted by Crippen LogP contribution is -2.58. The van der Waals surface area contributed by atoms with Crippen LogP contribution in [0, 0.1) is 0 Å². The van der Waals surface area contributed by atoms with Crippen molar-refractivity contribution in [3.8, 4) is 5.88 Å². The number of carbonyl (C=O) groups is 10. The lowest BCUT2D eigenvalue weighted by molar-refractivity contribution is -0.145. The van der Waals surface area contributed by atoms with Crippen LogP contribution in [-0.4, -0.2) is 142 Å². The summed E-state index contributed by atoms with van der Waals surface area (Å²) in [4.78, 5) is 144. The fraction of sp³-hybridized carbons (Fsp3) is 0.364. The molecule has 0 spiro atoms. The van der Waals surface area contributed by atoms with Gasteiger partial charge in [-0.2, -0.15) is 9.97 Å². The van der Waals surface area contributed by atoms with Crippen LogP contribution in [0.3, 0.4) is 0 Å². The van der Waals surface area contributed by atoms with Gasteiger partial charge in [0.1, 0.15) is 24.2 Å². The standard InChI is InChI=1S/C44H51N15O15/c1-21(50-38(68)23-6-10-24(11-7-23)48-19-26-20-49-36-35(51-26)42(72)57-44(45)56-36)5-14-31(60)52-28(16-32(61)62)39(69)54-30(18-34(65)66)41(71)55-29(17-33(63)64)40(70)53-27(43(73)74)4-2-3-15-47-37(67)22-8-12-25(13-9-22)58-59-46/h6-13,20-21,27-30,48H,2-5,14-19H2,1H3,(H,47,67)(H,50,68)(H,52,60)(H,53,70)(H,54,69)(H,55,71)(H,61,62)(H,63,64)(H,65,66)(H,73,74)(H3,45,49,56,57,72)/t21-,27+,28-,29+,30+/m1/s1. The summed E-state index contributed by atoms with van der Waals surface area (Å²) in [6.07, 6.45) is -2.21. The molecule has 0 aliphatic carbocycles. The molecule has 0 radical (unpaired) electrons. The summed E-state index contributed by atoms with van der Waals surface area (Å²) in [5, 5.41) is 68.4. The van der Waals surface area contributed by atoms with E-state index in [0.29, 0.717) is 11.4 Å². The van der Waals surface area contributed by atoms with Crippen molar-refractivity contribution in [3.05, 3.63) is 82.0 Å². The van der Waals surface area contributed by atoms with E-state index in [2.05, 4.69) is 56.5 Å². The first kappa shape index (κ1) is 56.9. The number of aliphatic carboxylic acids is 4. The number of unbranched alkanes of at least 4 members (excludes halogenated alkanes) is 1. The highest BCUT2D eigenvalue weighted by Crippen LogP contribution is 2.19. The Hall–Kier alpha value is -9.73. The Kier molecular flexibility index (Phi) is 21.2. The summed E-state index contributed by atoms with van der Waals surface area (Å²) in [6.45, 7) is 1.83. The molecular weight excluding hydrogens is 979 g/mol. The van der Waals surface area contributed by atoms with Gasteiger partial charge in [0.2, 0.25) is 35.5 Å². The van der Waals surface area contributed by atoms with Gasteiger partial charge >= 0.3 is 23.9 Å². The smallest absolute Gasteiger partial charge is 0.326 e.